The largest absolute Gasteiger partial charge is 0.379 e. The summed E-state index contributed by atoms with van der Waals surface area (Å²) < 4.78 is 5.48. The zero-order valence-electron chi connectivity index (χ0n) is 20.0. The van der Waals surface area contributed by atoms with Crippen LogP contribution in [0.15, 0.2) is 78.9 Å². The predicted octanol–water partition coefficient (Wildman–Crippen LogP) is 6.31. The summed E-state index contributed by atoms with van der Waals surface area (Å²) in [4.78, 5) is 8.81. The number of ether oxygens (including phenoxy) is 1. The standard InChI is InChI=1S/C30H31N3OS/c31-30(15-4-16-30)26-13-11-23(12-14-26)27-28(24-5-2-1-3-6-24)35-29(32-27)25-9-7-22(8-10-25)21-33-17-19-34-20-18-33/h1-3,5-14H,4,15-21,31H2. The second-order valence-electron chi connectivity index (χ2n) is 9.74. The van der Waals surface area contributed by atoms with Crippen LogP contribution in [0.5, 0.6) is 0 Å². The van der Waals surface area contributed by atoms with Crippen LogP contribution in [0.2, 0.25) is 0 Å². The number of thiazole rings is 1. The SMILES string of the molecule is NC1(c2ccc(-c3nc(-c4ccc(CN5CCOCC5)cc4)sc3-c3ccccc3)cc2)CCC1. The fourth-order valence-corrected chi connectivity index (χ4v) is 6.10. The minimum Gasteiger partial charge on any atom is -0.379 e. The van der Waals surface area contributed by atoms with Gasteiger partial charge in [-0.1, -0.05) is 78.9 Å². The molecule has 6 rings (SSSR count). The first kappa shape index (κ1) is 22.6. The first-order valence-electron chi connectivity index (χ1n) is 12.5. The molecule has 0 spiro atoms. The average Bonchev–Trinajstić information content (AvgIpc) is 3.35. The van der Waals surface area contributed by atoms with Crippen LogP contribution < -0.4 is 5.73 Å². The van der Waals surface area contributed by atoms with E-state index in [0.717, 1.165) is 67.5 Å². The Bertz CT molecular complexity index is 1270. The van der Waals surface area contributed by atoms with Crippen molar-refractivity contribution in [3.8, 4) is 32.3 Å². The molecule has 178 valence electrons. The summed E-state index contributed by atoms with van der Waals surface area (Å²) in [6, 6.07) is 28.3. The number of benzene rings is 3. The number of nitrogens with two attached hydrogens (primary N) is 1. The summed E-state index contributed by atoms with van der Waals surface area (Å²) in [5, 5.41) is 1.05. The van der Waals surface area contributed by atoms with E-state index in [2.05, 4.69) is 83.8 Å². The normalized spacial score (nSPS) is 17.7. The van der Waals surface area contributed by atoms with Gasteiger partial charge in [0.15, 0.2) is 0 Å². The van der Waals surface area contributed by atoms with Crippen LogP contribution in [-0.2, 0) is 16.8 Å². The molecule has 0 amide bonds. The van der Waals surface area contributed by atoms with Gasteiger partial charge in [-0.05, 0) is 36.0 Å². The molecule has 1 aliphatic heterocycles. The third-order valence-corrected chi connectivity index (χ3v) is 8.51. The van der Waals surface area contributed by atoms with E-state index >= 15 is 0 Å². The Balaban J connectivity index is 1.31. The molecule has 1 saturated heterocycles. The van der Waals surface area contributed by atoms with Gasteiger partial charge in [0, 0.05) is 36.3 Å². The minimum absolute atomic E-state index is 0.142. The van der Waals surface area contributed by atoms with Gasteiger partial charge in [-0.25, -0.2) is 4.98 Å². The fourth-order valence-electron chi connectivity index (χ4n) is 5.00. The number of nitrogens with zero attached hydrogens (tertiary/aromatic N) is 2. The highest BCUT2D eigenvalue weighted by molar-refractivity contribution is 7.19. The van der Waals surface area contributed by atoms with Crippen LogP contribution in [0.1, 0.15) is 30.4 Å². The molecule has 1 aliphatic carbocycles. The molecule has 4 nitrogen and oxygen atoms in total. The van der Waals surface area contributed by atoms with Crippen molar-refractivity contribution >= 4 is 11.3 Å². The van der Waals surface area contributed by atoms with Crippen molar-refractivity contribution < 1.29 is 4.74 Å². The minimum atomic E-state index is -0.142. The van der Waals surface area contributed by atoms with Gasteiger partial charge in [-0.3, -0.25) is 4.90 Å². The molecule has 2 N–H and O–H groups in total. The molecule has 1 saturated carbocycles. The second kappa shape index (κ2) is 9.67. The van der Waals surface area contributed by atoms with E-state index in [1.54, 1.807) is 11.3 Å². The highest BCUT2D eigenvalue weighted by Crippen LogP contribution is 2.42. The number of rotatable bonds is 6. The van der Waals surface area contributed by atoms with E-state index in [-0.39, 0.29) is 5.54 Å². The molecule has 35 heavy (non-hydrogen) atoms. The average molecular weight is 482 g/mol. The van der Waals surface area contributed by atoms with Crippen LogP contribution in [0.25, 0.3) is 32.3 Å². The van der Waals surface area contributed by atoms with E-state index in [1.165, 1.54) is 28.0 Å². The maximum absolute atomic E-state index is 6.56. The summed E-state index contributed by atoms with van der Waals surface area (Å²) in [7, 11) is 0. The third kappa shape index (κ3) is 4.69. The topological polar surface area (TPSA) is 51.4 Å². The van der Waals surface area contributed by atoms with Crippen LogP contribution in [0, 0.1) is 0 Å². The molecule has 0 unspecified atom stereocenters. The Morgan fingerprint density at radius 3 is 2.17 bits per heavy atom. The van der Waals surface area contributed by atoms with Gasteiger partial charge in [0.25, 0.3) is 0 Å². The molecular weight excluding hydrogens is 450 g/mol. The first-order valence-corrected chi connectivity index (χ1v) is 13.4. The van der Waals surface area contributed by atoms with Crippen molar-refractivity contribution in [2.45, 2.75) is 31.3 Å². The molecular formula is C30H31N3OS. The lowest BCUT2D eigenvalue weighted by Gasteiger charge is -2.38. The summed E-state index contributed by atoms with van der Waals surface area (Å²) in [6.07, 6.45) is 3.37. The van der Waals surface area contributed by atoms with Crippen molar-refractivity contribution in [1.29, 1.82) is 0 Å². The van der Waals surface area contributed by atoms with Crippen LogP contribution in [-0.4, -0.2) is 36.2 Å². The highest BCUT2D eigenvalue weighted by Gasteiger charge is 2.34. The molecule has 0 atom stereocenters. The first-order chi connectivity index (χ1) is 17.2. The van der Waals surface area contributed by atoms with Crippen LogP contribution >= 0.6 is 11.3 Å². The van der Waals surface area contributed by atoms with Crippen LogP contribution in [0.4, 0.5) is 0 Å². The molecule has 4 aromatic rings. The van der Waals surface area contributed by atoms with Crippen molar-refractivity contribution in [3.63, 3.8) is 0 Å². The predicted molar refractivity (Wildman–Crippen MR) is 144 cm³/mol. The van der Waals surface area contributed by atoms with Gasteiger partial charge in [-0.15, -0.1) is 11.3 Å². The molecule has 0 bridgehead atoms. The number of morpholine rings is 1. The second-order valence-corrected chi connectivity index (χ2v) is 10.7. The third-order valence-electron chi connectivity index (χ3n) is 7.35. The van der Waals surface area contributed by atoms with Crippen molar-refractivity contribution in [1.82, 2.24) is 9.88 Å². The van der Waals surface area contributed by atoms with Gasteiger partial charge in [0.1, 0.15) is 5.01 Å². The Morgan fingerprint density at radius 1 is 0.829 bits per heavy atom. The Labute approximate surface area is 211 Å². The highest BCUT2D eigenvalue weighted by atomic mass is 32.1. The number of hydrogen-bond acceptors (Lipinski definition) is 5. The van der Waals surface area contributed by atoms with Crippen molar-refractivity contribution in [2.24, 2.45) is 5.73 Å². The summed E-state index contributed by atoms with van der Waals surface area (Å²) >= 11 is 1.76. The summed E-state index contributed by atoms with van der Waals surface area (Å²) in [5.41, 5.74) is 13.5. The van der Waals surface area contributed by atoms with E-state index in [1.807, 2.05) is 0 Å². The summed E-state index contributed by atoms with van der Waals surface area (Å²) in [6.45, 7) is 4.63. The Hall–Kier alpha value is -2.83. The van der Waals surface area contributed by atoms with E-state index in [9.17, 15) is 0 Å². The van der Waals surface area contributed by atoms with E-state index in [0.29, 0.717) is 0 Å². The lowest BCUT2D eigenvalue weighted by Crippen LogP contribution is -2.43. The van der Waals surface area contributed by atoms with E-state index < -0.39 is 0 Å². The number of hydrogen-bond donors (Lipinski definition) is 1. The van der Waals surface area contributed by atoms with E-state index in [4.69, 9.17) is 15.5 Å². The summed E-state index contributed by atoms with van der Waals surface area (Å²) in [5.74, 6) is 0. The smallest absolute Gasteiger partial charge is 0.124 e. The van der Waals surface area contributed by atoms with Gasteiger partial charge in [0.2, 0.25) is 0 Å². The van der Waals surface area contributed by atoms with Gasteiger partial charge in [0.05, 0.1) is 23.8 Å². The molecule has 3 aromatic carbocycles. The molecule has 0 radical (unpaired) electrons. The maximum Gasteiger partial charge on any atom is 0.124 e. The Kier molecular flexibility index (Phi) is 6.25. The quantitative estimate of drug-likeness (QED) is 0.350. The fraction of sp³-hybridized carbons (Fsp3) is 0.300. The zero-order chi connectivity index (χ0) is 23.7. The monoisotopic (exact) mass is 481 g/mol. The maximum atomic E-state index is 6.56. The molecule has 2 fully saturated rings. The van der Waals surface area contributed by atoms with Gasteiger partial charge in [-0.2, -0.15) is 0 Å². The van der Waals surface area contributed by atoms with Crippen LogP contribution in [0.3, 0.4) is 0 Å². The van der Waals surface area contributed by atoms with Gasteiger partial charge >= 0.3 is 0 Å². The van der Waals surface area contributed by atoms with Crippen molar-refractivity contribution in [3.05, 3.63) is 90.0 Å². The lowest BCUT2D eigenvalue weighted by molar-refractivity contribution is 0.0342. The molecule has 2 aliphatic rings. The van der Waals surface area contributed by atoms with Crippen molar-refractivity contribution in [2.75, 3.05) is 26.3 Å². The Morgan fingerprint density at radius 2 is 1.51 bits per heavy atom. The molecule has 2 heterocycles. The zero-order valence-corrected chi connectivity index (χ0v) is 20.8. The van der Waals surface area contributed by atoms with Gasteiger partial charge < -0.3 is 10.5 Å². The number of aromatic nitrogens is 1. The lowest BCUT2D eigenvalue weighted by atomic mass is 9.72. The molecule has 5 heteroatoms. The molecule has 1 aromatic heterocycles.